The number of fused-ring (bicyclic) bond motifs is 1. The van der Waals surface area contributed by atoms with Gasteiger partial charge in [0.2, 0.25) is 0 Å². The minimum Gasteiger partial charge on any atom is -0.424 e. The van der Waals surface area contributed by atoms with Crippen LogP contribution >= 0.6 is 15.9 Å². The zero-order valence-electron chi connectivity index (χ0n) is 15.3. The molecule has 0 bridgehead atoms. The summed E-state index contributed by atoms with van der Waals surface area (Å²) in [6, 6.07) is 17.0. The van der Waals surface area contributed by atoms with Gasteiger partial charge in [0.15, 0.2) is 11.2 Å². The summed E-state index contributed by atoms with van der Waals surface area (Å²) in [5, 5.41) is 0. The highest BCUT2D eigenvalue weighted by molar-refractivity contribution is 9.10. The Morgan fingerprint density at radius 3 is 2.36 bits per heavy atom. The molecule has 0 saturated heterocycles. The number of hydrogen-bond acceptors (Lipinski definition) is 4. The third-order valence-electron chi connectivity index (χ3n) is 4.54. The van der Waals surface area contributed by atoms with E-state index in [1.165, 1.54) is 9.13 Å². The predicted molar refractivity (Wildman–Crippen MR) is 110 cm³/mol. The molecule has 142 valence electrons. The smallest absolute Gasteiger partial charge is 0.332 e. The minimum absolute atomic E-state index is 0.188. The molecule has 0 aliphatic rings. The van der Waals surface area contributed by atoms with Crippen LogP contribution in [0.1, 0.15) is 5.56 Å². The summed E-state index contributed by atoms with van der Waals surface area (Å²) in [7, 11) is 3.29. The maximum absolute atomic E-state index is 13.1. The van der Waals surface area contributed by atoms with Crippen molar-refractivity contribution >= 4 is 27.1 Å². The van der Waals surface area contributed by atoms with Gasteiger partial charge in [-0.05, 0) is 33.6 Å². The molecule has 0 amide bonds. The van der Waals surface area contributed by atoms with Crippen LogP contribution in [0.5, 0.6) is 11.8 Å². The van der Waals surface area contributed by atoms with Crippen molar-refractivity contribution in [3.8, 4) is 11.8 Å². The first-order valence-electron chi connectivity index (χ1n) is 8.60. The normalized spacial score (nSPS) is 11.1. The van der Waals surface area contributed by atoms with Crippen molar-refractivity contribution in [1.82, 2.24) is 18.7 Å². The molecule has 2 heterocycles. The summed E-state index contributed by atoms with van der Waals surface area (Å²) < 4.78 is 10.8. The second-order valence-corrected chi connectivity index (χ2v) is 7.23. The van der Waals surface area contributed by atoms with Crippen molar-refractivity contribution in [1.29, 1.82) is 0 Å². The third-order valence-corrected chi connectivity index (χ3v) is 5.20. The Morgan fingerprint density at radius 1 is 0.964 bits per heavy atom. The van der Waals surface area contributed by atoms with E-state index in [1.54, 1.807) is 24.7 Å². The van der Waals surface area contributed by atoms with Crippen LogP contribution in [-0.4, -0.2) is 18.7 Å². The highest BCUT2D eigenvalue weighted by Gasteiger charge is 2.20. The van der Waals surface area contributed by atoms with Crippen LogP contribution < -0.4 is 16.0 Å². The molecule has 2 aromatic carbocycles. The molecule has 0 radical (unpaired) electrons. The fourth-order valence-electron chi connectivity index (χ4n) is 3.05. The van der Waals surface area contributed by atoms with E-state index in [1.807, 2.05) is 48.5 Å². The van der Waals surface area contributed by atoms with Gasteiger partial charge in [-0.2, -0.15) is 4.98 Å². The lowest BCUT2D eigenvalue weighted by atomic mass is 10.2. The molecule has 28 heavy (non-hydrogen) atoms. The van der Waals surface area contributed by atoms with E-state index in [2.05, 4.69) is 20.9 Å². The van der Waals surface area contributed by atoms with Crippen molar-refractivity contribution < 1.29 is 4.74 Å². The molecule has 0 spiro atoms. The molecule has 7 nitrogen and oxygen atoms in total. The SMILES string of the molecule is Cn1c(Oc2ccccc2Br)nc2c1c(=O)n(Cc1ccccc1)c(=O)n2C. The molecule has 4 aromatic rings. The van der Waals surface area contributed by atoms with Crippen LogP contribution in [0.4, 0.5) is 0 Å². The summed E-state index contributed by atoms with van der Waals surface area (Å²) in [6.07, 6.45) is 0. The van der Waals surface area contributed by atoms with Gasteiger partial charge in [-0.15, -0.1) is 0 Å². The van der Waals surface area contributed by atoms with Crippen LogP contribution in [0.25, 0.3) is 11.2 Å². The van der Waals surface area contributed by atoms with E-state index in [0.29, 0.717) is 11.3 Å². The van der Waals surface area contributed by atoms with Crippen molar-refractivity contribution in [2.24, 2.45) is 14.1 Å². The zero-order chi connectivity index (χ0) is 19.8. The largest absolute Gasteiger partial charge is 0.424 e. The van der Waals surface area contributed by atoms with E-state index in [9.17, 15) is 9.59 Å². The zero-order valence-corrected chi connectivity index (χ0v) is 16.9. The summed E-state index contributed by atoms with van der Waals surface area (Å²) in [4.78, 5) is 30.2. The maximum Gasteiger partial charge on any atom is 0.332 e. The standard InChI is InChI=1S/C20H17BrN4O3/c1-23-16-17(22-19(23)28-15-11-7-6-10-14(15)21)24(2)20(27)25(18(16)26)12-13-8-4-3-5-9-13/h3-11H,12H2,1-2H3. The molecule has 0 unspecified atom stereocenters. The van der Waals surface area contributed by atoms with Gasteiger partial charge in [0, 0.05) is 14.1 Å². The molecule has 0 saturated carbocycles. The van der Waals surface area contributed by atoms with Gasteiger partial charge in [-0.1, -0.05) is 42.5 Å². The molecule has 8 heteroatoms. The van der Waals surface area contributed by atoms with Gasteiger partial charge >= 0.3 is 11.7 Å². The molecule has 4 rings (SSSR count). The molecule has 0 aliphatic heterocycles. The Labute approximate surface area is 168 Å². The van der Waals surface area contributed by atoms with Gasteiger partial charge in [0.1, 0.15) is 5.75 Å². The molecule has 0 atom stereocenters. The van der Waals surface area contributed by atoms with Crippen molar-refractivity contribution in [2.75, 3.05) is 0 Å². The molecule has 0 fully saturated rings. The second-order valence-electron chi connectivity index (χ2n) is 6.38. The molecular formula is C20H17BrN4O3. The second kappa shape index (κ2) is 7.12. The van der Waals surface area contributed by atoms with Crippen LogP contribution in [0, 0.1) is 0 Å². The van der Waals surface area contributed by atoms with Gasteiger partial charge < -0.3 is 4.74 Å². The molecular weight excluding hydrogens is 424 g/mol. The first-order chi connectivity index (χ1) is 13.5. The Bertz CT molecular complexity index is 1290. The number of halogens is 1. The lowest BCUT2D eigenvalue weighted by molar-refractivity contribution is 0.425. The van der Waals surface area contributed by atoms with Gasteiger partial charge in [0.25, 0.3) is 5.56 Å². The highest BCUT2D eigenvalue weighted by atomic mass is 79.9. The van der Waals surface area contributed by atoms with E-state index < -0.39 is 11.2 Å². The fourth-order valence-corrected chi connectivity index (χ4v) is 3.41. The van der Waals surface area contributed by atoms with Crippen LogP contribution in [-0.2, 0) is 20.6 Å². The Hall–Kier alpha value is -3.13. The lowest BCUT2D eigenvalue weighted by Crippen LogP contribution is -2.39. The number of ether oxygens (including phenoxy) is 1. The fraction of sp³-hybridized carbons (Fsp3) is 0.150. The summed E-state index contributed by atoms with van der Waals surface area (Å²) >= 11 is 3.43. The number of aryl methyl sites for hydroxylation is 2. The quantitative estimate of drug-likeness (QED) is 0.488. The Morgan fingerprint density at radius 2 is 1.64 bits per heavy atom. The van der Waals surface area contributed by atoms with E-state index in [4.69, 9.17) is 4.74 Å². The number of hydrogen-bond donors (Lipinski definition) is 0. The van der Waals surface area contributed by atoms with Crippen LogP contribution in [0.15, 0.2) is 68.7 Å². The Kier molecular flexibility index (Phi) is 4.64. The van der Waals surface area contributed by atoms with Gasteiger partial charge in [0.05, 0.1) is 11.0 Å². The number of para-hydroxylation sites is 1. The lowest BCUT2D eigenvalue weighted by Gasteiger charge is -2.09. The summed E-state index contributed by atoms with van der Waals surface area (Å²) in [5.41, 5.74) is 0.627. The number of aromatic nitrogens is 4. The van der Waals surface area contributed by atoms with Crippen molar-refractivity contribution in [3.63, 3.8) is 0 Å². The highest BCUT2D eigenvalue weighted by Crippen LogP contribution is 2.29. The number of imidazole rings is 1. The molecule has 0 aliphatic carbocycles. The monoisotopic (exact) mass is 440 g/mol. The Balaban J connectivity index is 1.87. The van der Waals surface area contributed by atoms with E-state index in [0.717, 1.165) is 10.0 Å². The van der Waals surface area contributed by atoms with Crippen molar-refractivity contribution in [3.05, 3.63) is 85.5 Å². The summed E-state index contributed by atoms with van der Waals surface area (Å²) in [6.45, 7) is 0.188. The van der Waals surface area contributed by atoms with E-state index in [-0.39, 0.29) is 18.2 Å². The number of rotatable bonds is 4. The topological polar surface area (TPSA) is 71.1 Å². The average Bonchev–Trinajstić information content (AvgIpc) is 3.03. The minimum atomic E-state index is -0.424. The maximum atomic E-state index is 13.1. The average molecular weight is 441 g/mol. The number of benzene rings is 2. The van der Waals surface area contributed by atoms with Crippen molar-refractivity contribution in [2.45, 2.75) is 6.54 Å². The van der Waals surface area contributed by atoms with E-state index >= 15 is 0 Å². The first kappa shape index (κ1) is 18.2. The predicted octanol–water partition coefficient (Wildman–Crippen LogP) is 3.04. The molecule has 0 N–H and O–H groups in total. The van der Waals surface area contributed by atoms with Gasteiger partial charge in [-0.25, -0.2) is 4.79 Å². The van der Waals surface area contributed by atoms with Gasteiger partial charge in [-0.3, -0.25) is 18.5 Å². The number of nitrogens with zero attached hydrogens (tertiary/aromatic N) is 4. The third kappa shape index (κ3) is 3.05. The first-order valence-corrected chi connectivity index (χ1v) is 9.39. The summed E-state index contributed by atoms with van der Waals surface area (Å²) in [5.74, 6) is 0.565. The van der Waals surface area contributed by atoms with Crippen LogP contribution in [0.2, 0.25) is 0 Å². The van der Waals surface area contributed by atoms with Crippen LogP contribution in [0.3, 0.4) is 0 Å². The molecule has 2 aromatic heterocycles.